The number of aryl methyl sites for hydroxylation is 1. The third-order valence-electron chi connectivity index (χ3n) is 3.42. The van der Waals surface area contributed by atoms with Crippen LogP contribution in [0.15, 0.2) is 46.9 Å². The molecule has 0 bridgehead atoms. The molecule has 0 unspecified atom stereocenters. The molecule has 1 heterocycles. The predicted octanol–water partition coefficient (Wildman–Crippen LogP) is 4.28. The topological polar surface area (TPSA) is 68.0 Å². The summed E-state index contributed by atoms with van der Waals surface area (Å²) < 4.78 is 5.60. The second-order valence-electron chi connectivity index (χ2n) is 5.12. The van der Waals surface area contributed by atoms with Crippen LogP contribution in [0.5, 0.6) is 0 Å². The number of carbonyl (C=O) groups excluding carboxylic acids is 1. The van der Waals surface area contributed by atoms with Crippen LogP contribution in [0.4, 0.5) is 0 Å². The summed E-state index contributed by atoms with van der Waals surface area (Å²) in [6, 6.07) is 12.4. The van der Waals surface area contributed by atoms with Crippen molar-refractivity contribution in [2.45, 2.75) is 13.5 Å². The molecule has 0 saturated carbocycles. The van der Waals surface area contributed by atoms with E-state index >= 15 is 0 Å². The number of rotatable bonds is 4. The van der Waals surface area contributed by atoms with Gasteiger partial charge in [0.1, 0.15) is 0 Å². The first kappa shape index (κ1) is 16.5. The average Bonchev–Trinajstić information content (AvgIpc) is 3.02. The summed E-state index contributed by atoms with van der Waals surface area (Å²) in [4.78, 5) is 12.2. The highest BCUT2D eigenvalue weighted by Crippen LogP contribution is 2.22. The quantitative estimate of drug-likeness (QED) is 0.752. The molecule has 0 fully saturated rings. The number of amides is 1. The van der Waals surface area contributed by atoms with Crippen LogP contribution in [0, 0.1) is 6.92 Å². The minimum absolute atomic E-state index is 0.108. The van der Waals surface area contributed by atoms with Gasteiger partial charge in [0.05, 0.1) is 17.1 Å². The largest absolute Gasteiger partial charge is 0.419 e. The van der Waals surface area contributed by atoms with Gasteiger partial charge in [-0.1, -0.05) is 41.4 Å². The summed E-state index contributed by atoms with van der Waals surface area (Å²) >= 11 is 11.8. The van der Waals surface area contributed by atoms with E-state index in [2.05, 4.69) is 15.5 Å². The van der Waals surface area contributed by atoms with Gasteiger partial charge < -0.3 is 9.73 Å². The molecule has 3 aromatic rings. The molecule has 1 amide bonds. The zero-order chi connectivity index (χ0) is 17.1. The third-order valence-corrected chi connectivity index (χ3v) is 3.97. The van der Waals surface area contributed by atoms with Gasteiger partial charge in [0.25, 0.3) is 5.91 Å². The van der Waals surface area contributed by atoms with Gasteiger partial charge >= 0.3 is 0 Å². The van der Waals surface area contributed by atoms with Crippen molar-refractivity contribution < 1.29 is 9.21 Å². The van der Waals surface area contributed by atoms with E-state index in [0.717, 1.165) is 11.1 Å². The molecule has 122 valence electrons. The highest BCUT2D eigenvalue weighted by atomic mass is 35.5. The lowest BCUT2D eigenvalue weighted by Crippen LogP contribution is -2.23. The Labute approximate surface area is 148 Å². The summed E-state index contributed by atoms with van der Waals surface area (Å²) in [5.74, 6) is 0.390. The van der Waals surface area contributed by atoms with Crippen molar-refractivity contribution in [3.8, 4) is 11.5 Å². The summed E-state index contributed by atoms with van der Waals surface area (Å²) in [5, 5.41) is 11.4. The van der Waals surface area contributed by atoms with Crippen LogP contribution in [0.2, 0.25) is 10.0 Å². The van der Waals surface area contributed by atoms with E-state index < -0.39 is 0 Å². The van der Waals surface area contributed by atoms with Gasteiger partial charge in [-0.2, -0.15) is 0 Å². The molecule has 24 heavy (non-hydrogen) atoms. The molecule has 2 aromatic carbocycles. The highest BCUT2D eigenvalue weighted by molar-refractivity contribution is 6.36. The normalized spacial score (nSPS) is 10.6. The molecule has 1 N–H and O–H groups in total. The molecule has 0 radical (unpaired) electrons. The van der Waals surface area contributed by atoms with Crippen molar-refractivity contribution in [1.82, 2.24) is 15.5 Å². The minimum Gasteiger partial charge on any atom is -0.419 e. The van der Waals surface area contributed by atoms with E-state index in [9.17, 15) is 4.79 Å². The van der Waals surface area contributed by atoms with Crippen molar-refractivity contribution in [3.63, 3.8) is 0 Å². The maximum Gasteiger partial charge on any atom is 0.253 e. The number of aromatic nitrogens is 2. The van der Waals surface area contributed by atoms with Crippen molar-refractivity contribution >= 4 is 29.1 Å². The molecule has 0 saturated heterocycles. The molecule has 0 spiro atoms. The smallest absolute Gasteiger partial charge is 0.253 e. The standard InChI is InChI=1S/C17H13Cl2N3O2/c1-10-4-2-3-5-12(10)17-22-21-15(24-17)9-20-16(23)13-7-6-11(18)8-14(13)19/h2-8H,9H2,1H3,(H,20,23). The van der Waals surface area contributed by atoms with Crippen LogP contribution in [0.1, 0.15) is 21.8 Å². The summed E-state index contributed by atoms with van der Waals surface area (Å²) in [6.45, 7) is 2.07. The van der Waals surface area contributed by atoms with Crippen molar-refractivity contribution in [2.24, 2.45) is 0 Å². The van der Waals surface area contributed by atoms with Gasteiger partial charge in [-0.3, -0.25) is 4.79 Å². The van der Waals surface area contributed by atoms with Crippen LogP contribution in [0.3, 0.4) is 0 Å². The van der Waals surface area contributed by atoms with Crippen LogP contribution in [-0.4, -0.2) is 16.1 Å². The molecule has 0 aliphatic rings. The number of benzene rings is 2. The SMILES string of the molecule is Cc1ccccc1-c1nnc(CNC(=O)c2ccc(Cl)cc2Cl)o1. The summed E-state index contributed by atoms with van der Waals surface area (Å²) in [7, 11) is 0. The lowest BCUT2D eigenvalue weighted by molar-refractivity contribution is 0.0947. The van der Waals surface area contributed by atoms with Crippen LogP contribution in [-0.2, 0) is 6.54 Å². The number of halogens is 2. The van der Waals surface area contributed by atoms with Gasteiger partial charge in [-0.15, -0.1) is 10.2 Å². The Morgan fingerprint density at radius 3 is 2.71 bits per heavy atom. The second-order valence-corrected chi connectivity index (χ2v) is 5.97. The van der Waals surface area contributed by atoms with Crippen molar-refractivity contribution in [3.05, 3.63) is 69.5 Å². The maximum atomic E-state index is 12.2. The number of hydrogen-bond donors (Lipinski definition) is 1. The lowest BCUT2D eigenvalue weighted by atomic mass is 10.1. The van der Waals surface area contributed by atoms with Gasteiger partial charge in [0.15, 0.2) is 0 Å². The minimum atomic E-state index is -0.340. The fraction of sp³-hybridized carbons (Fsp3) is 0.118. The zero-order valence-electron chi connectivity index (χ0n) is 12.7. The molecule has 5 nitrogen and oxygen atoms in total. The first-order chi connectivity index (χ1) is 11.5. The average molecular weight is 362 g/mol. The Morgan fingerprint density at radius 1 is 1.17 bits per heavy atom. The molecule has 3 rings (SSSR count). The Bertz CT molecular complexity index is 893. The molecule has 0 aliphatic heterocycles. The van der Waals surface area contributed by atoms with Crippen LogP contribution in [0.25, 0.3) is 11.5 Å². The van der Waals surface area contributed by atoms with E-state index in [1.54, 1.807) is 12.1 Å². The second kappa shape index (κ2) is 7.03. The first-order valence-corrected chi connectivity index (χ1v) is 7.92. The van der Waals surface area contributed by atoms with E-state index in [4.69, 9.17) is 27.6 Å². The molecule has 0 atom stereocenters. The van der Waals surface area contributed by atoms with Crippen LogP contribution < -0.4 is 5.32 Å². The molecule has 0 aliphatic carbocycles. The Kier molecular flexibility index (Phi) is 4.83. The Hall–Kier alpha value is -2.37. The predicted molar refractivity (Wildman–Crippen MR) is 92.1 cm³/mol. The first-order valence-electron chi connectivity index (χ1n) is 7.16. The van der Waals surface area contributed by atoms with Crippen molar-refractivity contribution in [2.75, 3.05) is 0 Å². The Morgan fingerprint density at radius 2 is 1.96 bits per heavy atom. The molecular weight excluding hydrogens is 349 g/mol. The molecule has 1 aromatic heterocycles. The number of carbonyl (C=O) groups is 1. The highest BCUT2D eigenvalue weighted by Gasteiger charge is 2.14. The van der Waals surface area contributed by atoms with E-state index in [1.165, 1.54) is 6.07 Å². The Balaban J connectivity index is 1.69. The third kappa shape index (κ3) is 3.58. The van der Waals surface area contributed by atoms with E-state index in [1.807, 2.05) is 31.2 Å². The molecule has 7 heteroatoms. The lowest BCUT2D eigenvalue weighted by Gasteiger charge is -2.05. The van der Waals surface area contributed by atoms with E-state index in [0.29, 0.717) is 22.4 Å². The molecular formula is C17H13Cl2N3O2. The number of nitrogens with zero attached hydrogens (tertiary/aromatic N) is 2. The summed E-state index contributed by atoms with van der Waals surface area (Å²) in [5.41, 5.74) is 2.23. The number of nitrogens with one attached hydrogen (secondary N) is 1. The van der Waals surface area contributed by atoms with Crippen molar-refractivity contribution in [1.29, 1.82) is 0 Å². The van der Waals surface area contributed by atoms with Gasteiger partial charge in [0.2, 0.25) is 11.8 Å². The zero-order valence-corrected chi connectivity index (χ0v) is 14.2. The van der Waals surface area contributed by atoms with Crippen LogP contribution >= 0.6 is 23.2 Å². The maximum absolute atomic E-state index is 12.2. The monoisotopic (exact) mass is 361 g/mol. The van der Waals surface area contributed by atoms with Gasteiger partial charge in [0, 0.05) is 10.6 Å². The van der Waals surface area contributed by atoms with Gasteiger partial charge in [-0.25, -0.2) is 0 Å². The number of hydrogen-bond acceptors (Lipinski definition) is 4. The fourth-order valence-corrected chi connectivity index (χ4v) is 2.67. The summed E-state index contributed by atoms with van der Waals surface area (Å²) in [6.07, 6.45) is 0. The van der Waals surface area contributed by atoms with E-state index in [-0.39, 0.29) is 17.5 Å². The fourth-order valence-electron chi connectivity index (χ4n) is 2.17. The van der Waals surface area contributed by atoms with Gasteiger partial charge in [-0.05, 0) is 36.8 Å².